The van der Waals surface area contributed by atoms with E-state index in [4.69, 9.17) is 23.2 Å². The highest BCUT2D eigenvalue weighted by Gasteiger charge is 2.29. The molecule has 1 aromatic rings. The zero-order valence-electron chi connectivity index (χ0n) is 9.05. The molecule has 1 aliphatic rings. The molecule has 1 N–H and O–H groups in total. The van der Waals surface area contributed by atoms with Crippen LogP contribution in [0.5, 0.6) is 0 Å². The molecule has 1 aromatic carbocycles. The predicted octanol–water partition coefficient (Wildman–Crippen LogP) is 3.23. The molecule has 1 fully saturated rings. The average molecular weight is 276 g/mol. The number of carbonyl (C=O) groups is 1. The van der Waals surface area contributed by atoms with Crippen LogP contribution in [0, 0.1) is 11.7 Å². The summed E-state index contributed by atoms with van der Waals surface area (Å²) in [5, 5.41) is 2.88. The first kappa shape index (κ1) is 12.7. The number of benzene rings is 1. The summed E-state index contributed by atoms with van der Waals surface area (Å²) in [6.07, 6.45) is 2.21. The van der Waals surface area contributed by atoms with E-state index in [0.29, 0.717) is 17.5 Å². The van der Waals surface area contributed by atoms with Gasteiger partial charge in [-0.1, -0.05) is 11.6 Å². The first-order chi connectivity index (χ1) is 8.08. The molecule has 2 nitrogen and oxygen atoms in total. The lowest BCUT2D eigenvalue weighted by molar-refractivity contribution is 0.0949. The van der Waals surface area contributed by atoms with Gasteiger partial charge in [0, 0.05) is 11.6 Å². The van der Waals surface area contributed by atoms with Crippen LogP contribution in [0.25, 0.3) is 0 Å². The molecular weight excluding hydrogens is 264 g/mol. The van der Waals surface area contributed by atoms with Gasteiger partial charge in [-0.2, -0.15) is 0 Å². The number of carbonyl (C=O) groups excluding carboxylic acids is 1. The van der Waals surface area contributed by atoms with Crippen LogP contribution in [-0.4, -0.2) is 17.8 Å². The Morgan fingerprint density at radius 1 is 1.53 bits per heavy atom. The molecule has 1 aliphatic carbocycles. The Morgan fingerprint density at radius 3 is 2.88 bits per heavy atom. The fourth-order valence-corrected chi connectivity index (χ4v) is 2.08. The Balaban J connectivity index is 1.96. The maximum Gasteiger partial charge on any atom is 0.254 e. The fourth-order valence-electron chi connectivity index (χ4n) is 1.58. The van der Waals surface area contributed by atoms with Crippen LogP contribution in [0.4, 0.5) is 4.39 Å². The van der Waals surface area contributed by atoms with E-state index in [-0.39, 0.29) is 10.9 Å². The van der Waals surface area contributed by atoms with E-state index in [1.165, 1.54) is 18.2 Å². The normalized spacial score (nSPS) is 16.6. The number of halogens is 3. The SMILES string of the molecule is O=C(NCC(Cl)C1CC1)c1cc(Cl)ccc1F. The van der Waals surface area contributed by atoms with Crippen molar-refractivity contribution < 1.29 is 9.18 Å². The fraction of sp³-hybridized carbons (Fsp3) is 0.417. The molecule has 1 unspecified atom stereocenters. The topological polar surface area (TPSA) is 29.1 Å². The zero-order chi connectivity index (χ0) is 12.4. The van der Waals surface area contributed by atoms with E-state index in [2.05, 4.69) is 5.32 Å². The molecular formula is C12H12Cl2FNO. The molecule has 92 valence electrons. The van der Waals surface area contributed by atoms with E-state index in [1.807, 2.05) is 0 Å². The molecule has 0 heterocycles. The number of nitrogens with one attached hydrogen (secondary N) is 1. The van der Waals surface area contributed by atoms with Crippen molar-refractivity contribution in [3.05, 3.63) is 34.6 Å². The van der Waals surface area contributed by atoms with Crippen LogP contribution in [-0.2, 0) is 0 Å². The summed E-state index contributed by atoms with van der Waals surface area (Å²) in [4.78, 5) is 11.7. The molecule has 1 saturated carbocycles. The lowest BCUT2D eigenvalue weighted by Gasteiger charge is -2.10. The Morgan fingerprint density at radius 2 is 2.24 bits per heavy atom. The summed E-state index contributed by atoms with van der Waals surface area (Å²) in [6, 6.07) is 3.89. The van der Waals surface area contributed by atoms with Crippen LogP contribution >= 0.6 is 23.2 Å². The van der Waals surface area contributed by atoms with E-state index < -0.39 is 11.7 Å². The monoisotopic (exact) mass is 275 g/mol. The van der Waals surface area contributed by atoms with Crippen molar-refractivity contribution >= 4 is 29.1 Å². The molecule has 2 rings (SSSR count). The standard InChI is InChI=1S/C12H12Cl2FNO/c13-8-3-4-11(15)9(5-8)12(17)16-6-10(14)7-1-2-7/h3-5,7,10H,1-2,6H2,(H,16,17). The Kier molecular flexibility index (Phi) is 3.89. The quantitative estimate of drug-likeness (QED) is 0.840. The first-order valence-electron chi connectivity index (χ1n) is 5.45. The van der Waals surface area contributed by atoms with Gasteiger partial charge in [0.15, 0.2) is 0 Å². The summed E-state index contributed by atoms with van der Waals surface area (Å²) in [5.74, 6) is -0.568. The van der Waals surface area contributed by atoms with E-state index >= 15 is 0 Å². The average Bonchev–Trinajstić information content (AvgIpc) is 3.12. The molecule has 0 aliphatic heterocycles. The third kappa shape index (κ3) is 3.33. The van der Waals surface area contributed by atoms with Gasteiger partial charge in [-0.15, -0.1) is 11.6 Å². The highest BCUT2D eigenvalue weighted by molar-refractivity contribution is 6.31. The third-order valence-electron chi connectivity index (χ3n) is 2.76. The minimum atomic E-state index is -0.579. The van der Waals surface area contributed by atoms with Gasteiger partial charge in [0.05, 0.1) is 10.9 Å². The van der Waals surface area contributed by atoms with Crippen molar-refractivity contribution in [1.82, 2.24) is 5.32 Å². The molecule has 1 atom stereocenters. The van der Waals surface area contributed by atoms with Crippen LogP contribution in [0.1, 0.15) is 23.2 Å². The molecule has 17 heavy (non-hydrogen) atoms. The second kappa shape index (κ2) is 5.23. The summed E-state index contributed by atoms with van der Waals surface area (Å²) >= 11 is 11.8. The van der Waals surface area contributed by atoms with Crippen LogP contribution in [0.2, 0.25) is 5.02 Å². The van der Waals surface area contributed by atoms with Gasteiger partial charge in [0.2, 0.25) is 0 Å². The minimum Gasteiger partial charge on any atom is -0.350 e. The van der Waals surface area contributed by atoms with E-state index in [0.717, 1.165) is 12.8 Å². The van der Waals surface area contributed by atoms with Crippen molar-refractivity contribution in [2.24, 2.45) is 5.92 Å². The lowest BCUT2D eigenvalue weighted by Crippen LogP contribution is -2.31. The third-order valence-corrected chi connectivity index (χ3v) is 3.51. The van der Waals surface area contributed by atoms with Crippen molar-refractivity contribution in [1.29, 1.82) is 0 Å². The van der Waals surface area contributed by atoms with Gasteiger partial charge in [-0.3, -0.25) is 4.79 Å². The highest BCUT2D eigenvalue weighted by Crippen LogP contribution is 2.35. The number of alkyl halides is 1. The van der Waals surface area contributed by atoms with Crippen LogP contribution in [0.3, 0.4) is 0 Å². The second-order valence-corrected chi connectivity index (χ2v) is 5.18. The number of rotatable bonds is 4. The maximum atomic E-state index is 13.4. The number of amides is 1. The Hall–Kier alpha value is -0.800. The molecule has 1 amide bonds. The van der Waals surface area contributed by atoms with Crippen LogP contribution in [0.15, 0.2) is 18.2 Å². The molecule has 0 radical (unpaired) electrons. The summed E-state index contributed by atoms with van der Waals surface area (Å²) < 4.78 is 13.4. The lowest BCUT2D eigenvalue weighted by atomic mass is 10.2. The highest BCUT2D eigenvalue weighted by atomic mass is 35.5. The zero-order valence-corrected chi connectivity index (χ0v) is 10.6. The van der Waals surface area contributed by atoms with Gasteiger partial charge in [0.25, 0.3) is 5.91 Å². The molecule has 0 aromatic heterocycles. The van der Waals surface area contributed by atoms with Crippen molar-refractivity contribution in [3.8, 4) is 0 Å². The van der Waals surface area contributed by atoms with Gasteiger partial charge in [-0.05, 0) is 37.0 Å². The van der Waals surface area contributed by atoms with E-state index in [1.54, 1.807) is 0 Å². The summed E-state index contributed by atoms with van der Waals surface area (Å²) in [5.41, 5.74) is -0.0443. The second-order valence-electron chi connectivity index (χ2n) is 4.19. The summed E-state index contributed by atoms with van der Waals surface area (Å²) in [6.45, 7) is 0.358. The van der Waals surface area contributed by atoms with Crippen molar-refractivity contribution in [3.63, 3.8) is 0 Å². The van der Waals surface area contributed by atoms with E-state index in [9.17, 15) is 9.18 Å². The van der Waals surface area contributed by atoms with Gasteiger partial charge < -0.3 is 5.32 Å². The summed E-state index contributed by atoms with van der Waals surface area (Å²) in [7, 11) is 0. The van der Waals surface area contributed by atoms with Gasteiger partial charge in [-0.25, -0.2) is 4.39 Å². The first-order valence-corrected chi connectivity index (χ1v) is 6.26. The predicted molar refractivity (Wildman–Crippen MR) is 66.1 cm³/mol. The van der Waals surface area contributed by atoms with Crippen LogP contribution < -0.4 is 5.32 Å². The molecule has 0 saturated heterocycles. The Labute approximate surface area is 109 Å². The van der Waals surface area contributed by atoms with Gasteiger partial charge >= 0.3 is 0 Å². The van der Waals surface area contributed by atoms with Crippen molar-refractivity contribution in [2.75, 3.05) is 6.54 Å². The number of hydrogen-bond donors (Lipinski definition) is 1. The molecule has 0 spiro atoms. The number of hydrogen-bond acceptors (Lipinski definition) is 1. The Bertz CT molecular complexity index is 435. The molecule has 0 bridgehead atoms. The largest absolute Gasteiger partial charge is 0.350 e. The smallest absolute Gasteiger partial charge is 0.254 e. The van der Waals surface area contributed by atoms with Gasteiger partial charge in [0.1, 0.15) is 5.82 Å². The van der Waals surface area contributed by atoms with Crippen molar-refractivity contribution in [2.45, 2.75) is 18.2 Å². The minimum absolute atomic E-state index is 0.0443. The maximum absolute atomic E-state index is 13.4. The molecule has 5 heteroatoms.